The fourth-order valence-electron chi connectivity index (χ4n) is 5.95. The maximum atomic E-state index is 13.5. The molecule has 1 saturated carbocycles. The van der Waals surface area contributed by atoms with Gasteiger partial charge in [-0.3, -0.25) is 9.69 Å². The smallest absolute Gasteiger partial charge is 0.326 e. The number of carbonyl (C=O) groups excluding carboxylic acids is 2. The van der Waals surface area contributed by atoms with E-state index in [2.05, 4.69) is 31.0 Å². The largest absolute Gasteiger partial charge is 0.497 e. The molecule has 0 aromatic heterocycles. The van der Waals surface area contributed by atoms with Gasteiger partial charge in [-0.2, -0.15) is 0 Å². The molecule has 1 aromatic carbocycles. The fourth-order valence-corrected chi connectivity index (χ4v) is 5.95. The molecule has 4 rings (SSSR count). The van der Waals surface area contributed by atoms with Crippen molar-refractivity contribution in [1.29, 1.82) is 0 Å². The Morgan fingerprint density at radius 2 is 1.85 bits per heavy atom. The van der Waals surface area contributed by atoms with Crippen LogP contribution in [0.4, 0.5) is 4.79 Å². The summed E-state index contributed by atoms with van der Waals surface area (Å²) in [6, 6.07) is 5.64. The van der Waals surface area contributed by atoms with E-state index in [0.717, 1.165) is 68.6 Å². The van der Waals surface area contributed by atoms with E-state index >= 15 is 0 Å². The van der Waals surface area contributed by atoms with E-state index < -0.39 is 5.54 Å². The third-order valence-electron chi connectivity index (χ3n) is 8.58. The molecule has 3 fully saturated rings. The van der Waals surface area contributed by atoms with Gasteiger partial charge in [0.2, 0.25) is 0 Å². The molecule has 2 heterocycles. The molecule has 0 bridgehead atoms. The highest BCUT2D eigenvalue weighted by molar-refractivity contribution is 6.07. The summed E-state index contributed by atoms with van der Waals surface area (Å²) in [4.78, 5) is 30.2. The Labute approximate surface area is 197 Å². The Kier molecular flexibility index (Phi) is 6.63. The highest BCUT2D eigenvalue weighted by Crippen LogP contribution is 2.45. The quantitative estimate of drug-likeness (QED) is 0.600. The van der Waals surface area contributed by atoms with Crippen molar-refractivity contribution in [1.82, 2.24) is 15.1 Å². The van der Waals surface area contributed by atoms with E-state index in [1.807, 2.05) is 18.2 Å². The monoisotopic (exact) mass is 457 g/mol. The van der Waals surface area contributed by atoms with E-state index in [9.17, 15) is 9.59 Å². The van der Waals surface area contributed by atoms with Gasteiger partial charge in [-0.05, 0) is 68.1 Å². The van der Waals surface area contributed by atoms with Gasteiger partial charge in [0.25, 0.3) is 5.91 Å². The molecule has 1 aromatic rings. The van der Waals surface area contributed by atoms with Gasteiger partial charge in [0.1, 0.15) is 17.0 Å². The Bertz CT molecular complexity index is 892. The van der Waals surface area contributed by atoms with Crippen molar-refractivity contribution >= 4 is 11.9 Å². The molecule has 3 aliphatic rings. The van der Waals surface area contributed by atoms with Crippen LogP contribution in [0, 0.1) is 11.3 Å². The van der Waals surface area contributed by atoms with Crippen molar-refractivity contribution in [3.8, 4) is 11.5 Å². The summed E-state index contributed by atoms with van der Waals surface area (Å²) in [6.45, 7) is 8.01. The zero-order valence-electron chi connectivity index (χ0n) is 20.8. The zero-order valence-corrected chi connectivity index (χ0v) is 20.8. The molecule has 33 heavy (non-hydrogen) atoms. The second kappa shape index (κ2) is 9.16. The average molecular weight is 458 g/mol. The number of benzene rings is 1. The third kappa shape index (κ3) is 4.32. The number of rotatable bonds is 7. The molecule has 1 N–H and O–H groups in total. The summed E-state index contributed by atoms with van der Waals surface area (Å²) in [5, 5.41) is 3.09. The first-order chi connectivity index (χ1) is 15.7. The lowest BCUT2D eigenvalue weighted by Gasteiger charge is -2.42. The van der Waals surface area contributed by atoms with Crippen LogP contribution in [0.5, 0.6) is 11.5 Å². The number of nitrogens with zero attached hydrogens (tertiary/aromatic N) is 2. The van der Waals surface area contributed by atoms with Crippen LogP contribution >= 0.6 is 0 Å². The first-order valence-corrected chi connectivity index (χ1v) is 12.3. The number of ether oxygens (including phenoxy) is 2. The molecule has 7 nitrogen and oxygen atoms in total. The molecule has 0 radical (unpaired) electrons. The Hall–Kier alpha value is -2.28. The summed E-state index contributed by atoms with van der Waals surface area (Å²) in [6.07, 6.45) is 6.51. The first-order valence-electron chi connectivity index (χ1n) is 12.3. The lowest BCUT2D eigenvalue weighted by molar-refractivity contribution is -0.134. The summed E-state index contributed by atoms with van der Waals surface area (Å²) in [5.74, 6) is 2.12. The molecule has 182 valence electrons. The lowest BCUT2D eigenvalue weighted by atomic mass is 9.65. The van der Waals surface area contributed by atoms with Crippen molar-refractivity contribution in [2.75, 3.05) is 27.4 Å². The Morgan fingerprint density at radius 1 is 1.12 bits per heavy atom. The normalized spacial score (nSPS) is 28.5. The molecule has 1 spiro atoms. The number of methoxy groups -OCH3 is 2. The van der Waals surface area contributed by atoms with Gasteiger partial charge in [-0.25, -0.2) is 9.69 Å². The van der Waals surface area contributed by atoms with Gasteiger partial charge >= 0.3 is 6.03 Å². The molecular weight excluding hydrogens is 418 g/mol. The predicted octanol–water partition coefficient (Wildman–Crippen LogP) is 4.72. The Balaban J connectivity index is 1.48. The molecule has 7 heteroatoms. The maximum absolute atomic E-state index is 13.5. The van der Waals surface area contributed by atoms with Crippen LogP contribution in [0.3, 0.4) is 0 Å². The van der Waals surface area contributed by atoms with Crippen molar-refractivity contribution in [2.24, 2.45) is 11.3 Å². The maximum Gasteiger partial charge on any atom is 0.326 e. The second-order valence-electron chi connectivity index (χ2n) is 10.6. The zero-order chi connectivity index (χ0) is 23.8. The van der Waals surface area contributed by atoms with E-state index in [1.165, 1.54) is 4.90 Å². The molecular formula is C26H39N3O4. The fraction of sp³-hybridized carbons (Fsp3) is 0.692. The van der Waals surface area contributed by atoms with Crippen LogP contribution in [0.15, 0.2) is 18.2 Å². The van der Waals surface area contributed by atoms with E-state index in [-0.39, 0.29) is 23.4 Å². The van der Waals surface area contributed by atoms with Gasteiger partial charge in [0, 0.05) is 18.2 Å². The molecule has 2 aliphatic heterocycles. The average Bonchev–Trinajstić information content (AvgIpc) is 3.37. The summed E-state index contributed by atoms with van der Waals surface area (Å²) >= 11 is 0. The van der Waals surface area contributed by atoms with Gasteiger partial charge in [-0.15, -0.1) is 0 Å². The SMILES string of the molecule is CCC(C)(C)C1CCC2(CC1)NC(=O)N(CN1CCCC1c1cc(OC)ccc1OC)C2=O. The predicted molar refractivity (Wildman–Crippen MR) is 127 cm³/mol. The lowest BCUT2D eigenvalue weighted by Crippen LogP contribution is -2.51. The van der Waals surface area contributed by atoms with Gasteiger partial charge in [0.15, 0.2) is 0 Å². The second-order valence-corrected chi connectivity index (χ2v) is 10.6. The van der Waals surface area contributed by atoms with Crippen LogP contribution in [0.2, 0.25) is 0 Å². The minimum Gasteiger partial charge on any atom is -0.497 e. The molecule has 2 saturated heterocycles. The van der Waals surface area contributed by atoms with Crippen molar-refractivity contribution < 1.29 is 19.1 Å². The summed E-state index contributed by atoms with van der Waals surface area (Å²) in [5.41, 5.74) is 0.588. The number of amides is 3. The van der Waals surface area contributed by atoms with Crippen LogP contribution in [0.1, 0.15) is 77.3 Å². The van der Waals surface area contributed by atoms with Gasteiger partial charge < -0.3 is 14.8 Å². The van der Waals surface area contributed by atoms with Crippen LogP contribution in [-0.2, 0) is 4.79 Å². The van der Waals surface area contributed by atoms with Gasteiger partial charge in [0.05, 0.1) is 20.9 Å². The standard InChI is InChI=1S/C26H39N3O4/c1-6-25(2,3)18-11-13-26(14-12-18)23(30)29(24(31)27-26)17-28-15-7-8-21(28)20-16-19(32-4)9-10-22(20)33-5/h9-10,16,18,21H,6-8,11-15,17H2,1-5H3,(H,27,31). The third-order valence-corrected chi connectivity index (χ3v) is 8.58. The number of likely N-dealkylation sites (tertiary alicyclic amines) is 1. The number of carbonyl (C=O) groups is 2. The minimum atomic E-state index is -0.722. The topological polar surface area (TPSA) is 71.1 Å². The van der Waals surface area contributed by atoms with Crippen molar-refractivity contribution in [2.45, 2.75) is 77.3 Å². The van der Waals surface area contributed by atoms with E-state index in [0.29, 0.717) is 12.6 Å². The number of imide groups is 1. The summed E-state index contributed by atoms with van der Waals surface area (Å²) in [7, 11) is 3.32. The number of nitrogens with one attached hydrogen (secondary N) is 1. The van der Waals surface area contributed by atoms with Crippen LogP contribution < -0.4 is 14.8 Å². The molecule has 1 unspecified atom stereocenters. The Morgan fingerprint density at radius 3 is 2.48 bits per heavy atom. The molecule has 3 amide bonds. The van der Waals surface area contributed by atoms with Gasteiger partial charge in [-0.1, -0.05) is 27.2 Å². The highest BCUT2D eigenvalue weighted by atomic mass is 16.5. The molecule has 1 atom stereocenters. The van der Waals surface area contributed by atoms with Crippen LogP contribution in [-0.4, -0.2) is 54.7 Å². The number of urea groups is 1. The summed E-state index contributed by atoms with van der Waals surface area (Å²) < 4.78 is 11.0. The number of hydrogen-bond donors (Lipinski definition) is 1. The minimum absolute atomic E-state index is 0.0523. The van der Waals surface area contributed by atoms with Crippen molar-refractivity contribution in [3.63, 3.8) is 0 Å². The molecule has 1 aliphatic carbocycles. The highest BCUT2D eigenvalue weighted by Gasteiger charge is 2.54. The van der Waals surface area contributed by atoms with Crippen LogP contribution in [0.25, 0.3) is 0 Å². The number of hydrogen-bond acceptors (Lipinski definition) is 5. The van der Waals surface area contributed by atoms with Crippen molar-refractivity contribution in [3.05, 3.63) is 23.8 Å². The van der Waals surface area contributed by atoms with E-state index in [1.54, 1.807) is 14.2 Å². The first kappa shape index (κ1) is 23.9. The van der Waals surface area contributed by atoms with E-state index in [4.69, 9.17) is 9.47 Å².